The first kappa shape index (κ1) is 16.7. The van der Waals surface area contributed by atoms with E-state index in [1.54, 1.807) is 36.4 Å². The number of primary amides is 1. The van der Waals surface area contributed by atoms with Gasteiger partial charge in [0.15, 0.2) is 0 Å². The molecule has 120 valence electrons. The Balaban J connectivity index is 2.11. The van der Waals surface area contributed by atoms with E-state index >= 15 is 0 Å². The number of nitrogens with two attached hydrogens (primary N) is 1. The van der Waals surface area contributed by atoms with Crippen LogP contribution in [0.15, 0.2) is 54.6 Å². The van der Waals surface area contributed by atoms with Crippen molar-refractivity contribution in [3.05, 3.63) is 71.3 Å². The maximum Gasteiger partial charge on any atom is 0.252 e. The lowest BCUT2D eigenvalue weighted by atomic mass is 10.0. The Bertz CT molecular complexity index is 664. The van der Waals surface area contributed by atoms with Gasteiger partial charge in [-0.15, -0.1) is 0 Å². The highest BCUT2D eigenvalue weighted by Gasteiger charge is 2.20. The molecule has 1 unspecified atom stereocenters. The van der Waals surface area contributed by atoms with E-state index in [1.807, 2.05) is 18.2 Å². The lowest BCUT2D eigenvalue weighted by Crippen LogP contribution is -2.37. The third-order valence-electron chi connectivity index (χ3n) is 3.55. The van der Waals surface area contributed by atoms with Crippen LogP contribution in [0.3, 0.4) is 0 Å². The Kier molecular flexibility index (Phi) is 5.52. The number of nitrogens with one attached hydrogen (secondary N) is 1. The minimum atomic E-state index is -0.834. The summed E-state index contributed by atoms with van der Waals surface area (Å²) in [6.07, 6.45) is 0.968. The number of carbonyl (C=O) groups is 2. The highest BCUT2D eigenvalue weighted by atomic mass is 16.2. The van der Waals surface area contributed by atoms with E-state index in [-0.39, 0.29) is 5.91 Å². The van der Waals surface area contributed by atoms with E-state index in [1.165, 1.54) is 5.56 Å². The molecule has 2 aromatic rings. The van der Waals surface area contributed by atoms with Crippen LogP contribution in [0, 0.1) is 5.92 Å². The lowest BCUT2D eigenvalue weighted by molar-refractivity contribution is -0.120. The molecule has 1 atom stereocenters. The van der Waals surface area contributed by atoms with E-state index in [0.29, 0.717) is 17.0 Å². The maximum absolute atomic E-state index is 12.3. The van der Waals surface area contributed by atoms with Crippen molar-refractivity contribution in [2.75, 3.05) is 0 Å². The molecule has 0 bridgehead atoms. The second-order valence-corrected chi connectivity index (χ2v) is 6.01. The van der Waals surface area contributed by atoms with Gasteiger partial charge in [0.1, 0.15) is 6.04 Å². The molecule has 2 amide bonds. The normalized spacial score (nSPS) is 12.0. The van der Waals surface area contributed by atoms with Crippen molar-refractivity contribution < 1.29 is 9.59 Å². The number of amides is 2. The van der Waals surface area contributed by atoms with Crippen molar-refractivity contribution in [3.8, 4) is 0 Å². The zero-order valence-electron chi connectivity index (χ0n) is 13.5. The average molecular weight is 310 g/mol. The van der Waals surface area contributed by atoms with Gasteiger partial charge < -0.3 is 11.1 Å². The summed E-state index contributed by atoms with van der Waals surface area (Å²) in [5.41, 5.74) is 7.79. The summed E-state index contributed by atoms with van der Waals surface area (Å²) in [7, 11) is 0. The van der Waals surface area contributed by atoms with Gasteiger partial charge in [-0.25, -0.2) is 0 Å². The lowest BCUT2D eigenvalue weighted by Gasteiger charge is -2.16. The quantitative estimate of drug-likeness (QED) is 0.861. The molecule has 0 aliphatic heterocycles. The van der Waals surface area contributed by atoms with Gasteiger partial charge in [0.25, 0.3) is 5.91 Å². The van der Waals surface area contributed by atoms with Crippen LogP contribution in [0.4, 0.5) is 0 Å². The topological polar surface area (TPSA) is 72.2 Å². The molecule has 4 heteroatoms. The third-order valence-corrected chi connectivity index (χ3v) is 3.55. The highest BCUT2D eigenvalue weighted by molar-refractivity contribution is 5.97. The van der Waals surface area contributed by atoms with Crippen LogP contribution in [0.5, 0.6) is 0 Å². The smallest absolute Gasteiger partial charge is 0.252 e. The monoisotopic (exact) mass is 310 g/mol. The van der Waals surface area contributed by atoms with Crippen LogP contribution in [0.2, 0.25) is 0 Å². The van der Waals surface area contributed by atoms with Gasteiger partial charge in [-0.1, -0.05) is 56.3 Å². The highest BCUT2D eigenvalue weighted by Crippen LogP contribution is 2.14. The molecular weight excluding hydrogens is 288 g/mol. The molecule has 0 radical (unpaired) electrons. The zero-order valence-corrected chi connectivity index (χ0v) is 13.5. The Hall–Kier alpha value is -2.62. The van der Waals surface area contributed by atoms with Crippen molar-refractivity contribution >= 4 is 11.8 Å². The Morgan fingerprint density at radius 2 is 1.61 bits per heavy atom. The molecule has 0 saturated carbocycles. The minimum absolute atomic E-state index is 0.311. The standard InChI is InChI=1S/C19H22N2O2/c1-13(2)12-14-8-10-16(11-9-14)19(23)21-17(18(20)22)15-6-4-3-5-7-15/h3-11,13,17H,12H2,1-2H3,(H2,20,22)(H,21,23). The van der Waals surface area contributed by atoms with Crippen molar-refractivity contribution in [2.24, 2.45) is 11.7 Å². The Labute approximate surface area is 136 Å². The maximum atomic E-state index is 12.3. The molecule has 0 aliphatic carbocycles. The van der Waals surface area contributed by atoms with Crippen molar-refractivity contribution in [2.45, 2.75) is 26.3 Å². The fourth-order valence-corrected chi connectivity index (χ4v) is 2.44. The number of hydrogen-bond donors (Lipinski definition) is 2. The molecule has 0 fully saturated rings. The van der Waals surface area contributed by atoms with E-state index in [2.05, 4.69) is 19.2 Å². The van der Waals surface area contributed by atoms with Gasteiger partial charge in [-0.05, 0) is 35.6 Å². The van der Waals surface area contributed by atoms with Gasteiger partial charge >= 0.3 is 0 Å². The van der Waals surface area contributed by atoms with Crippen LogP contribution >= 0.6 is 0 Å². The third kappa shape index (κ3) is 4.68. The SMILES string of the molecule is CC(C)Cc1ccc(C(=O)NC(C(N)=O)c2ccccc2)cc1. The Morgan fingerprint density at radius 1 is 1.00 bits per heavy atom. The van der Waals surface area contributed by atoms with Crippen molar-refractivity contribution in [3.63, 3.8) is 0 Å². The first-order valence-corrected chi connectivity index (χ1v) is 7.71. The first-order valence-electron chi connectivity index (χ1n) is 7.71. The summed E-state index contributed by atoms with van der Waals surface area (Å²) in [5, 5.41) is 2.70. The summed E-state index contributed by atoms with van der Waals surface area (Å²) in [6, 6.07) is 15.6. The molecule has 3 N–H and O–H groups in total. The second-order valence-electron chi connectivity index (χ2n) is 6.01. The van der Waals surface area contributed by atoms with E-state index in [0.717, 1.165) is 6.42 Å². The van der Waals surface area contributed by atoms with E-state index < -0.39 is 11.9 Å². The number of rotatable bonds is 6. The van der Waals surface area contributed by atoms with Crippen molar-refractivity contribution in [1.29, 1.82) is 0 Å². The number of carbonyl (C=O) groups excluding carboxylic acids is 2. The summed E-state index contributed by atoms with van der Waals surface area (Å²) < 4.78 is 0. The number of hydrogen-bond acceptors (Lipinski definition) is 2. The summed E-state index contributed by atoms with van der Waals surface area (Å²) in [6.45, 7) is 4.30. The molecular formula is C19H22N2O2. The van der Waals surface area contributed by atoms with Crippen LogP contribution < -0.4 is 11.1 Å². The second kappa shape index (κ2) is 7.58. The number of benzene rings is 2. The molecule has 0 spiro atoms. The van der Waals surface area contributed by atoms with Gasteiger partial charge in [-0.2, -0.15) is 0 Å². The van der Waals surface area contributed by atoms with Gasteiger partial charge in [-0.3, -0.25) is 9.59 Å². The molecule has 0 aromatic heterocycles. The Morgan fingerprint density at radius 3 is 2.13 bits per heavy atom. The molecule has 2 rings (SSSR count). The molecule has 4 nitrogen and oxygen atoms in total. The summed E-state index contributed by atoms with van der Waals surface area (Å²) >= 11 is 0. The molecule has 0 heterocycles. The zero-order chi connectivity index (χ0) is 16.8. The molecule has 0 aliphatic rings. The van der Waals surface area contributed by atoms with Gasteiger partial charge in [0.05, 0.1) is 0 Å². The fourth-order valence-electron chi connectivity index (χ4n) is 2.44. The van der Waals surface area contributed by atoms with Gasteiger partial charge in [0.2, 0.25) is 5.91 Å². The first-order chi connectivity index (χ1) is 11.0. The summed E-state index contributed by atoms with van der Waals surface area (Å²) in [5.74, 6) is -0.332. The van der Waals surface area contributed by atoms with Gasteiger partial charge in [0, 0.05) is 5.56 Å². The van der Waals surface area contributed by atoms with Crippen LogP contribution in [-0.2, 0) is 11.2 Å². The minimum Gasteiger partial charge on any atom is -0.368 e. The largest absolute Gasteiger partial charge is 0.368 e. The van der Waals surface area contributed by atoms with Crippen LogP contribution in [0.25, 0.3) is 0 Å². The molecule has 0 saturated heterocycles. The average Bonchev–Trinajstić information content (AvgIpc) is 2.53. The summed E-state index contributed by atoms with van der Waals surface area (Å²) in [4.78, 5) is 24.0. The predicted octanol–water partition coefficient (Wildman–Crippen LogP) is 2.84. The van der Waals surface area contributed by atoms with E-state index in [9.17, 15) is 9.59 Å². The fraction of sp³-hybridized carbons (Fsp3) is 0.263. The molecule has 23 heavy (non-hydrogen) atoms. The predicted molar refractivity (Wildman–Crippen MR) is 90.8 cm³/mol. The van der Waals surface area contributed by atoms with E-state index in [4.69, 9.17) is 5.73 Å². The van der Waals surface area contributed by atoms with Crippen molar-refractivity contribution in [1.82, 2.24) is 5.32 Å². The van der Waals surface area contributed by atoms with Crippen LogP contribution in [0.1, 0.15) is 41.4 Å². The molecule has 2 aromatic carbocycles. The van der Waals surface area contributed by atoms with Crippen LogP contribution in [-0.4, -0.2) is 11.8 Å².